The van der Waals surface area contributed by atoms with Gasteiger partial charge in [-0.25, -0.2) is 0 Å². The van der Waals surface area contributed by atoms with Crippen LogP contribution in [0.5, 0.6) is 0 Å². The van der Waals surface area contributed by atoms with Crippen LogP contribution in [0.2, 0.25) is 0 Å². The van der Waals surface area contributed by atoms with Gasteiger partial charge in [0.25, 0.3) is 0 Å². The van der Waals surface area contributed by atoms with Gasteiger partial charge in [0.1, 0.15) is 0 Å². The molecule has 0 aliphatic carbocycles. The molecule has 11 heavy (non-hydrogen) atoms. The molecule has 0 nitrogen and oxygen atoms in total. The van der Waals surface area contributed by atoms with Crippen molar-refractivity contribution in [2.45, 2.75) is 16.6 Å². The average Bonchev–Trinajstić information content (AvgIpc) is 2.50. The maximum atomic E-state index is 3.50. The molecule has 1 aromatic rings. The van der Waals surface area contributed by atoms with Gasteiger partial charge in [-0.3, -0.25) is 0 Å². The fourth-order valence-corrected chi connectivity index (χ4v) is 3.25. The number of fused-ring (bicyclic) bond motifs is 1. The Kier molecular flexibility index (Phi) is 2.23. The Morgan fingerprint density at radius 1 is 1.45 bits per heavy atom. The van der Waals surface area contributed by atoms with Gasteiger partial charge in [-0.1, -0.05) is 34.1 Å². The molecule has 2 rings (SSSR count). The highest BCUT2D eigenvalue weighted by atomic mass is 79.9. The largest absolute Gasteiger partial charge is 0.125 e. The van der Waals surface area contributed by atoms with Crippen LogP contribution in [0.4, 0.5) is 0 Å². The number of halogens is 1. The summed E-state index contributed by atoms with van der Waals surface area (Å²) in [5.74, 6) is 1.26. The van der Waals surface area contributed by atoms with Gasteiger partial charge in [0.15, 0.2) is 0 Å². The quantitative estimate of drug-likeness (QED) is 0.666. The third-order valence-corrected chi connectivity index (χ3v) is 3.77. The van der Waals surface area contributed by atoms with E-state index in [0.29, 0.717) is 0 Å². The molecule has 0 aromatic heterocycles. The second kappa shape index (κ2) is 3.20. The van der Waals surface area contributed by atoms with Gasteiger partial charge in [-0.05, 0) is 17.5 Å². The van der Waals surface area contributed by atoms with Gasteiger partial charge in [0.05, 0.1) is 0 Å². The number of hydrogen-bond acceptors (Lipinski definition) is 1. The first-order valence-electron chi connectivity index (χ1n) is 3.71. The SMILES string of the molecule is BrCc1cccc2c1SCC2. The Hall–Kier alpha value is 0.0500. The van der Waals surface area contributed by atoms with E-state index in [0.717, 1.165) is 5.33 Å². The van der Waals surface area contributed by atoms with Gasteiger partial charge in [0, 0.05) is 16.0 Å². The number of thioether (sulfide) groups is 1. The first-order valence-corrected chi connectivity index (χ1v) is 5.82. The highest BCUT2D eigenvalue weighted by molar-refractivity contribution is 9.08. The van der Waals surface area contributed by atoms with Crippen molar-refractivity contribution >= 4 is 27.7 Å². The van der Waals surface area contributed by atoms with Crippen molar-refractivity contribution in [2.24, 2.45) is 0 Å². The predicted molar refractivity (Wildman–Crippen MR) is 53.5 cm³/mol. The molecule has 58 valence electrons. The molecule has 0 bridgehead atoms. The topological polar surface area (TPSA) is 0 Å². The molecule has 0 radical (unpaired) electrons. The smallest absolute Gasteiger partial charge is 0.0294 e. The van der Waals surface area contributed by atoms with E-state index in [1.807, 2.05) is 11.8 Å². The van der Waals surface area contributed by atoms with E-state index < -0.39 is 0 Å². The number of rotatable bonds is 1. The first-order chi connectivity index (χ1) is 5.42. The molecule has 2 heteroatoms. The van der Waals surface area contributed by atoms with Crippen molar-refractivity contribution in [3.63, 3.8) is 0 Å². The second-order valence-corrected chi connectivity index (χ2v) is 4.30. The van der Waals surface area contributed by atoms with Crippen molar-refractivity contribution in [2.75, 3.05) is 5.75 Å². The normalized spacial score (nSPS) is 15.0. The zero-order chi connectivity index (χ0) is 7.68. The highest BCUT2D eigenvalue weighted by Crippen LogP contribution is 2.34. The summed E-state index contributed by atoms with van der Waals surface area (Å²) in [5.41, 5.74) is 2.98. The molecule has 0 fully saturated rings. The molecule has 1 aliphatic rings. The van der Waals surface area contributed by atoms with Crippen molar-refractivity contribution in [3.8, 4) is 0 Å². The predicted octanol–water partition coefficient (Wildman–Crippen LogP) is 3.23. The summed E-state index contributed by atoms with van der Waals surface area (Å²) in [6.07, 6.45) is 1.25. The minimum absolute atomic E-state index is 0.989. The van der Waals surface area contributed by atoms with E-state index >= 15 is 0 Å². The Labute approximate surface area is 79.5 Å². The summed E-state index contributed by atoms with van der Waals surface area (Å²) in [4.78, 5) is 1.52. The Morgan fingerprint density at radius 2 is 2.36 bits per heavy atom. The molecule has 1 heterocycles. The molecular formula is C9H9BrS. The van der Waals surface area contributed by atoms with Crippen molar-refractivity contribution in [1.82, 2.24) is 0 Å². The van der Waals surface area contributed by atoms with Crippen LogP contribution in [0.15, 0.2) is 23.1 Å². The molecular weight excluding hydrogens is 220 g/mol. The van der Waals surface area contributed by atoms with Crippen LogP contribution in [-0.4, -0.2) is 5.75 Å². The van der Waals surface area contributed by atoms with Crippen LogP contribution < -0.4 is 0 Å². The maximum Gasteiger partial charge on any atom is 0.0294 e. The van der Waals surface area contributed by atoms with Gasteiger partial charge in [0.2, 0.25) is 0 Å². The van der Waals surface area contributed by atoms with Crippen LogP contribution in [0, 0.1) is 0 Å². The zero-order valence-corrected chi connectivity index (χ0v) is 8.54. The number of aryl methyl sites for hydroxylation is 1. The Bertz CT molecular complexity index is 270. The van der Waals surface area contributed by atoms with Crippen molar-refractivity contribution in [3.05, 3.63) is 29.3 Å². The second-order valence-electron chi connectivity index (χ2n) is 2.64. The zero-order valence-electron chi connectivity index (χ0n) is 6.14. The van der Waals surface area contributed by atoms with E-state index in [1.165, 1.54) is 28.2 Å². The highest BCUT2D eigenvalue weighted by Gasteiger charge is 2.13. The molecule has 0 amide bonds. The standard InChI is InChI=1S/C9H9BrS/c10-6-8-3-1-2-7-4-5-11-9(7)8/h1-3H,4-6H2. The van der Waals surface area contributed by atoms with Gasteiger partial charge in [-0.2, -0.15) is 0 Å². The van der Waals surface area contributed by atoms with Gasteiger partial charge >= 0.3 is 0 Å². The summed E-state index contributed by atoms with van der Waals surface area (Å²) < 4.78 is 0. The van der Waals surface area contributed by atoms with E-state index in [2.05, 4.69) is 34.1 Å². The third-order valence-electron chi connectivity index (χ3n) is 1.94. The maximum absolute atomic E-state index is 3.50. The monoisotopic (exact) mass is 228 g/mol. The minimum Gasteiger partial charge on any atom is -0.125 e. The lowest BCUT2D eigenvalue weighted by atomic mass is 10.1. The molecule has 0 atom stereocenters. The van der Waals surface area contributed by atoms with Crippen LogP contribution in [0.1, 0.15) is 11.1 Å². The number of hydrogen-bond donors (Lipinski definition) is 0. The van der Waals surface area contributed by atoms with Crippen LogP contribution >= 0.6 is 27.7 Å². The molecule has 1 aliphatic heterocycles. The summed E-state index contributed by atoms with van der Waals surface area (Å²) in [7, 11) is 0. The first kappa shape index (κ1) is 7.69. The minimum atomic E-state index is 0.989. The van der Waals surface area contributed by atoms with Gasteiger partial charge in [-0.15, -0.1) is 11.8 Å². The molecule has 0 N–H and O–H groups in total. The van der Waals surface area contributed by atoms with E-state index in [4.69, 9.17) is 0 Å². The van der Waals surface area contributed by atoms with Crippen LogP contribution in [0.3, 0.4) is 0 Å². The average molecular weight is 229 g/mol. The molecule has 0 saturated heterocycles. The molecule has 1 aromatic carbocycles. The molecule has 0 unspecified atom stereocenters. The van der Waals surface area contributed by atoms with E-state index in [9.17, 15) is 0 Å². The lowest BCUT2D eigenvalue weighted by molar-refractivity contribution is 1.12. The molecule has 0 spiro atoms. The number of alkyl halides is 1. The fraction of sp³-hybridized carbons (Fsp3) is 0.333. The van der Waals surface area contributed by atoms with Crippen molar-refractivity contribution in [1.29, 1.82) is 0 Å². The van der Waals surface area contributed by atoms with E-state index in [-0.39, 0.29) is 0 Å². The van der Waals surface area contributed by atoms with Crippen LogP contribution in [-0.2, 0) is 11.8 Å². The van der Waals surface area contributed by atoms with E-state index in [1.54, 1.807) is 0 Å². The fourth-order valence-electron chi connectivity index (χ4n) is 1.39. The van der Waals surface area contributed by atoms with Gasteiger partial charge < -0.3 is 0 Å². The number of benzene rings is 1. The Balaban J connectivity index is 2.50. The lowest BCUT2D eigenvalue weighted by Gasteiger charge is -2.02. The van der Waals surface area contributed by atoms with Crippen molar-refractivity contribution < 1.29 is 0 Å². The Morgan fingerprint density at radius 3 is 3.18 bits per heavy atom. The summed E-state index contributed by atoms with van der Waals surface area (Å²) in [6.45, 7) is 0. The van der Waals surface area contributed by atoms with Crippen LogP contribution in [0.25, 0.3) is 0 Å². The summed E-state index contributed by atoms with van der Waals surface area (Å²) in [5, 5.41) is 0.989. The lowest BCUT2D eigenvalue weighted by Crippen LogP contribution is -1.84. The third kappa shape index (κ3) is 1.34. The summed E-state index contributed by atoms with van der Waals surface area (Å²) >= 11 is 5.49. The molecule has 0 saturated carbocycles. The summed E-state index contributed by atoms with van der Waals surface area (Å²) in [6, 6.07) is 6.59.